The molecule has 0 aliphatic carbocycles. The highest BCUT2D eigenvalue weighted by atomic mass is 16.5. The van der Waals surface area contributed by atoms with Crippen LogP contribution in [0.2, 0.25) is 0 Å². The van der Waals surface area contributed by atoms with Crippen molar-refractivity contribution in [2.75, 3.05) is 39.4 Å². The van der Waals surface area contributed by atoms with Gasteiger partial charge in [0.05, 0.1) is 18.8 Å². The predicted octanol–water partition coefficient (Wildman–Crippen LogP) is -0.181. The van der Waals surface area contributed by atoms with E-state index in [-0.39, 0.29) is 11.0 Å². The standard InChI is InChI=1S/C14H28N2O3/c1-13(2,3)15-8-14(4-5-19-10-14)9-16-6-11(17)12(18)7-16/h11-12,15,17-18H,4-10H2,1-3H3. The summed E-state index contributed by atoms with van der Waals surface area (Å²) >= 11 is 0. The first-order chi connectivity index (χ1) is 8.80. The molecule has 2 heterocycles. The second-order valence-corrected chi connectivity index (χ2v) is 7.23. The number of hydrogen-bond acceptors (Lipinski definition) is 5. The summed E-state index contributed by atoms with van der Waals surface area (Å²) in [4.78, 5) is 2.16. The molecule has 0 radical (unpaired) electrons. The van der Waals surface area contributed by atoms with Gasteiger partial charge in [-0.15, -0.1) is 0 Å². The Bertz CT molecular complexity index is 288. The lowest BCUT2D eigenvalue weighted by molar-refractivity contribution is 0.0572. The fourth-order valence-corrected chi connectivity index (χ4v) is 2.87. The SMILES string of the molecule is CC(C)(C)NCC1(CN2CC(O)C(O)C2)CCOC1. The molecule has 2 rings (SSSR count). The highest BCUT2D eigenvalue weighted by Crippen LogP contribution is 2.31. The van der Waals surface area contributed by atoms with Crippen molar-refractivity contribution in [1.29, 1.82) is 0 Å². The van der Waals surface area contributed by atoms with Crippen LogP contribution < -0.4 is 5.32 Å². The Labute approximate surface area is 115 Å². The number of nitrogens with zero attached hydrogens (tertiary/aromatic N) is 1. The summed E-state index contributed by atoms with van der Waals surface area (Å²) < 4.78 is 5.60. The molecule has 2 aliphatic heterocycles. The topological polar surface area (TPSA) is 65.0 Å². The van der Waals surface area contributed by atoms with Gasteiger partial charge in [0.2, 0.25) is 0 Å². The van der Waals surface area contributed by atoms with Crippen LogP contribution in [0.4, 0.5) is 0 Å². The maximum atomic E-state index is 9.65. The monoisotopic (exact) mass is 272 g/mol. The zero-order chi connectivity index (χ0) is 14.1. The van der Waals surface area contributed by atoms with Gasteiger partial charge in [-0.3, -0.25) is 4.90 Å². The van der Waals surface area contributed by atoms with Crippen LogP contribution >= 0.6 is 0 Å². The number of rotatable bonds is 4. The molecule has 0 aromatic heterocycles. The molecule has 5 heteroatoms. The number of likely N-dealkylation sites (tertiary alicyclic amines) is 1. The van der Waals surface area contributed by atoms with E-state index in [1.807, 2.05) is 0 Å². The van der Waals surface area contributed by atoms with Gasteiger partial charge in [-0.25, -0.2) is 0 Å². The van der Waals surface area contributed by atoms with Gasteiger partial charge in [-0.05, 0) is 27.2 Å². The van der Waals surface area contributed by atoms with Gasteiger partial charge in [0.1, 0.15) is 0 Å². The number of β-amino-alcohol motifs (C(OH)–C–C–N with tert-alkyl or cyclic N) is 2. The number of nitrogens with one attached hydrogen (secondary N) is 1. The van der Waals surface area contributed by atoms with Crippen LogP contribution in [0, 0.1) is 5.41 Å². The third-order valence-electron chi connectivity index (χ3n) is 4.07. The number of ether oxygens (including phenoxy) is 1. The first kappa shape index (κ1) is 15.2. The van der Waals surface area contributed by atoms with Crippen LogP contribution in [-0.4, -0.2) is 72.3 Å². The van der Waals surface area contributed by atoms with Gasteiger partial charge in [-0.1, -0.05) is 0 Å². The zero-order valence-electron chi connectivity index (χ0n) is 12.4. The van der Waals surface area contributed by atoms with Crippen LogP contribution in [0.25, 0.3) is 0 Å². The summed E-state index contributed by atoms with van der Waals surface area (Å²) in [5.74, 6) is 0. The van der Waals surface area contributed by atoms with Crippen LogP contribution in [-0.2, 0) is 4.74 Å². The molecule has 3 unspecified atom stereocenters. The van der Waals surface area contributed by atoms with Crippen LogP contribution in [0.3, 0.4) is 0 Å². The third kappa shape index (κ3) is 4.13. The van der Waals surface area contributed by atoms with Crippen molar-refractivity contribution in [2.24, 2.45) is 5.41 Å². The minimum atomic E-state index is -0.602. The molecule has 2 fully saturated rings. The Hall–Kier alpha value is -0.200. The van der Waals surface area contributed by atoms with Crippen LogP contribution in [0.15, 0.2) is 0 Å². The maximum Gasteiger partial charge on any atom is 0.0938 e. The lowest BCUT2D eigenvalue weighted by Gasteiger charge is -2.35. The quantitative estimate of drug-likeness (QED) is 0.662. The summed E-state index contributed by atoms with van der Waals surface area (Å²) in [5, 5.41) is 22.9. The number of aliphatic hydroxyl groups is 2. The third-order valence-corrected chi connectivity index (χ3v) is 4.07. The second kappa shape index (κ2) is 5.66. The first-order valence-corrected chi connectivity index (χ1v) is 7.21. The molecule has 19 heavy (non-hydrogen) atoms. The number of aliphatic hydroxyl groups excluding tert-OH is 2. The average Bonchev–Trinajstić information content (AvgIpc) is 2.85. The van der Waals surface area contributed by atoms with E-state index in [2.05, 4.69) is 31.0 Å². The minimum absolute atomic E-state index is 0.0969. The summed E-state index contributed by atoms with van der Waals surface area (Å²) in [6, 6.07) is 0. The Balaban J connectivity index is 1.92. The Morgan fingerprint density at radius 1 is 1.26 bits per heavy atom. The largest absolute Gasteiger partial charge is 0.389 e. The molecule has 3 N–H and O–H groups in total. The highest BCUT2D eigenvalue weighted by molar-refractivity contribution is 4.94. The van der Waals surface area contributed by atoms with Crippen molar-refractivity contribution in [3.05, 3.63) is 0 Å². The highest BCUT2D eigenvalue weighted by Gasteiger charge is 2.40. The normalized spacial score (nSPS) is 37.1. The smallest absolute Gasteiger partial charge is 0.0938 e. The van der Waals surface area contributed by atoms with Crippen molar-refractivity contribution in [2.45, 2.75) is 44.9 Å². The molecule has 0 bridgehead atoms. The Morgan fingerprint density at radius 3 is 2.37 bits per heavy atom. The van der Waals surface area contributed by atoms with Gasteiger partial charge >= 0.3 is 0 Å². The molecule has 2 saturated heterocycles. The van der Waals surface area contributed by atoms with Gasteiger partial charge in [0.25, 0.3) is 0 Å². The molecular formula is C14H28N2O3. The summed E-state index contributed by atoms with van der Waals surface area (Å²) in [6.07, 6.45) is -0.163. The summed E-state index contributed by atoms with van der Waals surface area (Å²) in [5.41, 5.74) is 0.205. The van der Waals surface area contributed by atoms with E-state index in [9.17, 15) is 10.2 Å². The summed E-state index contributed by atoms with van der Waals surface area (Å²) in [7, 11) is 0. The van der Waals surface area contributed by atoms with Crippen molar-refractivity contribution >= 4 is 0 Å². The van der Waals surface area contributed by atoms with E-state index < -0.39 is 12.2 Å². The predicted molar refractivity (Wildman–Crippen MR) is 74.1 cm³/mol. The lowest BCUT2D eigenvalue weighted by atomic mass is 9.85. The molecule has 0 aromatic carbocycles. The molecule has 112 valence electrons. The van der Waals surface area contributed by atoms with Gasteiger partial charge in [0, 0.05) is 43.7 Å². The van der Waals surface area contributed by atoms with Crippen LogP contribution in [0.1, 0.15) is 27.2 Å². The fraction of sp³-hybridized carbons (Fsp3) is 1.00. The fourth-order valence-electron chi connectivity index (χ4n) is 2.87. The molecule has 0 amide bonds. The average molecular weight is 272 g/mol. The van der Waals surface area contributed by atoms with Gasteiger partial charge < -0.3 is 20.3 Å². The van der Waals surface area contributed by atoms with Gasteiger partial charge in [-0.2, -0.15) is 0 Å². The van der Waals surface area contributed by atoms with Gasteiger partial charge in [0.15, 0.2) is 0 Å². The van der Waals surface area contributed by atoms with E-state index in [0.717, 1.165) is 32.7 Å². The van der Waals surface area contributed by atoms with E-state index in [4.69, 9.17) is 4.74 Å². The molecule has 0 spiro atoms. The second-order valence-electron chi connectivity index (χ2n) is 7.23. The minimum Gasteiger partial charge on any atom is -0.389 e. The molecule has 0 saturated carbocycles. The summed E-state index contributed by atoms with van der Waals surface area (Å²) in [6.45, 7) is 11.0. The molecule has 2 aliphatic rings. The van der Waals surface area contributed by atoms with Crippen molar-refractivity contribution in [1.82, 2.24) is 10.2 Å². The lowest BCUT2D eigenvalue weighted by Crippen LogP contribution is -2.49. The van der Waals surface area contributed by atoms with E-state index in [0.29, 0.717) is 13.1 Å². The van der Waals surface area contributed by atoms with Crippen molar-refractivity contribution in [3.63, 3.8) is 0 Å². The molecule has 0 aromatic rings. The van der Waals surface area contributed by atoms with Crippen molar-refractivity contribution < 1.29 is 14.9 Å². The van der Waals surface area contributed by atoms with E-state index >= 15 is 0 Å². The first-order valence-electron chi connectivity index (χ1n) is 7.21. The molecule has 3 atom stereocenters. The van der Waals surface area contributed by atoms with E-state index in [1.54, 1.807) is 0 Å². The zero-order valence-corrected chi connectivity index (χ0v) is 12.4. The Kier molecular flexibility index (Phi) is 4.52. The Morgan fingerprint density at radius 2 is 1.89 bits per heavy atom. The maximum absolute atomic E-state index is 9.65. The van der Waals surface area contributed by atoms with Crippen LogP contribution in [0.5, 0.6) is 0 Å². The number of hydrogen-bond donors (Lipinski definition) is 3. The van der Waals surface area contributed by atoms with Crippen molar-refractivity contribution in [3.8, 4) is 0 Å². The van der Waals surface area contributed by atoms with E-state index in [1.165, 1.54) is 0 Å². The molecular weight excluding hydrogens is 244 g/mol. The molecule has 5 nitrogen and oxygen atoms in total.